The van der Waals surface area contributed by atoms with Crippen molar-refractivity contribution in [3.63, 3.8) is 0 Å². The summed E-state index contributed by atoms with van der Waals surface area (Å²) in [6.45, 7) is 5.18. The molecule has 96 valence electrons. The van der Waals surface area contributed by atoms with E-state index in [1.807, 2.05) is 13.8 Å². The summed E-state index contributed by atoms with van der Waals surface area (Å²) in [6.07, 6.45) is 2.39. The van der Waals surface area contributed by atoms with Gasteiger partial charge in [-0.15, -0.1) is 11.6 Å². The fraction of sp³-hybridized carbons (Fsp3) is 0.900. The molecule has 0 bridgehead atoms. The Kier molecular flexibility index (Phi) is 5.76. The highest BCUT2D eigenvalue weighted by Crippen LogP contribution is 2.16. The summed E-state index contributed by atoms with van der Waals surface area (Å²) >= 11 is 5.65. The molecular formula is C10H20ClNO3S. The molecule has 0 fully saturated rings. The Labute approximate surface area is 103 Å². The quantitative estimate of drug-likeness (QED) is 0.740. The van der Waals surface area contributed by atoms with Crippen LogP contribution in [0.5, 0.6) is 0 Å². The summed E-state index contributed by atoms with van der Waals surface area (Å²) in [7, 11) is -3.34. The normalized spacial score (nSPS) is 17.6. The van der Waals surface area contributed by atoms with Crippen molar-refractivity contribution >= 4 is 27.3 Å². The molecule has 0 aromatic rings. The van der Waals surface area contributed by atoms with Gasteiger partial charge in [-0.05, 0) is 26.7 Å². The van der Waals surface area contributed by atoms with Gasteiger partial charge in [0.05, 0.1) is 0 Å². The lowest BCUT2D eigenvalue weighted by molar-refractivity contribution is -0.122. The predicted molar refractivity (Wildman–Crippen MR) is 66.5 cm³/mol. The van der Waals surface area contributed by atoms with Crippen molar-refractivity contribution in [2.45, 2.75) is 44.4 Å². The molecule has 16 heavy (non-hydrogen) atoms. The number of carbonyl (C=O) groups is 1. The van der Waals surface area contributed by atoms with Crippen molar-refractivity contribution in [3.8, 4) is 0 Å². The third-order valence-corrected chi connectivity index (χ3v) is 4.55. The molecule has 0 rings (SSSR count). The molecule has 0 aromatic carbocycles. The Morgan fingerprint density at radius 2 is 2.00 bits per heavy atom. The summed E-state index contributed by atoms with van der Waals surface area (Å²) in [5.41, 5.74) is -0.433. The number of hydrogen-bond donors (Lipinski definition) is 1. The highest BCUT2D eigenvalue weighted by Gasteiger charge is 2.30. The van der Waals surface area contributed by atoms with Gasteiger partial charge in [-0.3, -0.25) is 4.79 Å². The average molecular weight is 270 g/mol. The summed E-state index contributed by atoms with van der Waals surface area (Å²) in [5, 5.41) is 1.73. The smallest absolute Gasteiger partial charge is 0.238 e. The van der Waals surface area contributed by atoms with Crippen molar-refractivity contribution in [3.05, 3.63) is 0 Å². The molecule has 0 aliphatic heterocycles. The van der Waals surface area contributed by atoms with Gasteiger partial charge in [0.25, 0.3) is 0 Å². The molecule has 2 atom stereocenters. The fourth-order valence-electron chi connectivity index (χ4n) is 1.13. The Bertz CT molecular complexity index is 342. The highest BCUT2D eigenvalue weighted by atomic mass is 35.5. The van der Waals surface area contributed by atoms with Crippen molar-refractivity contribution < 1.29 is 13.2 Å². The first-order chi connectivity index (χ1) is 7.16. The van der Waals surface area contributed by atoms with Crippen LogP contribution in [0.15, 0.2) is 0 Å². The van der Waals surface area contributed by atoms with Crippen LogP contribution < -0.4 is 5.32 Å². The minimum atomic E-state index is -3.34. The zero-order valence-electron chi connectivity index (χ0n) is 10.2. The fourth-order valence-corrected chi connectivity index (χ4v) is 1.99. The number of nitrogens with one attached hydrogen (secondary N) is 1. The van der Waals surface area contributed by atoms with Gasteiger partial charge in [0, 0.05) is 17.7 Å². The van der Waals surface area contributed by atoms with E-state index in [1.165, 1.54) is 6.92 Å². The Morgan fingerprint density at radius 1 is 1.50 bits per heavy atom. The summed E-state index contributed by atoms with van der Waals surface area (Å²) < 4.78 is 22.4. The molecule has 0 heterocycles. The monoisotopic (exact) mass is 269 g/mol. The number of carbonyl (C=O) groups excluding carboxylic acids is 1. The van der Waals surface area contributed by atoms with Crippen LogP contribution in [0.2, 0.25) is 0 Å². The zero-order valence-corrected chi connectivity index (χ0v) is 11.8. The van der Waals surface area contributed by atoms with Gasteiger partial charge < -0.3 is 5.32 Å². The number of sulfone groups is 1. The van der Waals surface area contributed by atoms with Crippen molar-refractivity contribution in [2.75, 3.05) is 12.1 Å². The topological polar surface area (TPSA) is 63.2 Å². The summed E-state index contributed by atoms with van der Waals surface area (Å²) in [5.74, 6) is -0.0327. The average Bonchev–Trinajstić information content (AvgIpc) is 2.15. The first-order valence-corrected chi connectivity index (χ1v) is 7.72. The highest BCUT2D eigenvalue weighted by molar-refractivity contribution is 7.92. The molecule has 1 amide bonds. The third-order valence-electron chi connectivity index (χ3n) is 2.86. The molecular weight excluding hydrogens is 250 g/mol. The van der Waals surface area contributed by atoms with Crippen molar-refractivity contribution in [2.24, 2.45) is 0 Å². The Balaban J connectivity index is 4.66. The molecule has 0 radical (unpaired) electrons. The lowest BCUT2D eigenvalue weighted by atomic mass is 9.95. The summed E-state index contributed by atoms with van der Waals surface area (Å²) in [4.78, 5) is 11.7. The zero-order chi connectivity index (χ0) is 13.0. The number of alkyl halides is 1. The molecule has 0 saturated heterocycles. The van der Waals surface area contributed by atoms with E-state index in [1.54, 1.807) is 0 Å². The number of halogens is 1. The molecule has 4 nitrogen and oxygen atoms in total. The standard InChI is InChI=1S/C10H20ClNO3S/c1-5-10(3,6-7-11)12-9(13)8(2)16(4,14)15/h8H,5-7H2,1-4H3,(H,12,13). The van der Waals surface area contributed by atoms with Crippen LogP contribution in [0.25, 0.3) is 0 Å². The third kappa shape index (κ3) is 4.70. The maximum absolute atomic E-state index is 11.7. The Hall–Kier alpha value is -0.290. The van der Waals surface area contributed by atoms with E-state index >= 15 is 0 Å². The molecule has 0 saturated carbocycles. The maximum atomic E-state index is 11.7. The molecule has 0 aliphatic rings. The number of rotatable bonds is 6. The van der Waals surface area contributed by atoms with Crippen LogP contribution in [0, 0.1) is 0 Å². The minimum absolute atomic E-state index is 0.428. The van der Waals surface area contributed by atoms with Gasteiger partial charge in [0.1, 0.15) is 5.25 Å². The molecule has 6 heteroatoms. The SMILES string of the molecule is CCC(C)(CCCl)NC(=O)C(C)S(C)(=O)=O. The van der Waals surface area contributed by atoms with Crippen LogP contribution in [0.1, 0.15) is 33.6 Å². The first-order valence-electron chi connectivity index (χ1n) is 5.23. The van der Waals surface area contributed by atoms with E-state index in [0.29, 0.717) is 18.7 Å². The van der Waals surface area contributed by atoms with E-state index in [9.17, 15) is 13.2 Å². The first kappa shape index (κ1) is 15.7. The van der Waals surface area contributed by atoms with E-state index in [4.69, 9.17) is 11.6 Å². The van der Waals surface area contributed by atoms with E-state index in [0.717, 1.165) is 6.26 Å². The number of hydrogen-bond acceptors (Lipinski definition) is 3. The molecule has 1 N–H and O–H groups in total. The van der Waals surface area contributed by atoms with Crippen molar-refractivity contribution in [1.82, 2.24) is 5.32 Å². The maximum Gasteiger partial charge on any atom is 0.238 e. The van der Waals surface area contributed by atoms with Crippen LogP contribution in [-0.4, -0.2) is 37.2 Å². The minimum Gasteiger partial charge on any atom is -0.350 e. The van der Waals surface area contributed by atoms with Gasteiger partial charge in [-0.1, -0.05) is 6.92 Å². The summed E-state index contributed by atoms with van der Waals surface area (Å²) in [6, 6.07) is 0. The van der Waals surface area contributed by atoms with E-state index < -0.39 is 26.5 Å². The molecule has 2 unspecified atom stereocenters. The van der Waals surface area contributed by atoms with Crippen LogP contribution in [0.4, 0.5) is 0 Å². The van der Waals surface area contributed by atoms with Crippen LogP contribution >= 0.6 is 11.6 Å². The second kappa shape index (κ2) is 5.87. The second-order valence-corrected chi connectivity index (χ2v) is 7.06. The van der Waals surface area contributed by atoms with Gasteiger partial charge >= 0.3 is 0 Å². The number of amides is 1. The van der Waals surface area contributed by atoms with Gasteiger partial charge in [-0.2, -0.15) is 0 Å². The molecule has 0 aliphatic carbocycles. The van der Waals surface area contributed by atoms with Gasteiger partial charge in [-0.25, -0.2) is 8.42 Å². The van der Waals surface area contributed by atoms with Gasteiger partial charge in [0.2, 0.25) is 5.91 Å². The predicted octanol–water partition coefficient (Wildman–Crippen LogP) is 1.33. The van der Waals surface area contributed by atoms with Gasteiger partial charge in [0.15, 0.2) is 9.84 Å². The van der Waals surface area contributed by atoms with Crippen LogP contribution in [0.3, 0.4) is 0 Å². The van der Waals surface area contributed by atoms with Crippen LogP contribution in [-0.2, 0) is 14.6 Å². The largest absolute Gasteiger partial charge is 0.350 e. The lowest BCUT2D eigenvalue weighted by Gasteiger charge is -2.30. The van der Waals surface area contributed by atoms with E-state index in [2.05, 4.69) is 5.32 Å². The molecule has 0 spiro atoms. The lowest BCUT2D eigenvalue weighted by Crippen LogP contribution is -2.50. The van der Waals surface area contributed by atoms with Crippen molar-refractivity contribution in [1.29, 1.82) is 0 Å². The second-order valence-electron chi connectivity index (χ2n) is 4.31. The molecule has 0 aromatic heterocycles. The Morgan fingerprint density at radius 3 is 2.31 bits per heavy atom. The van der Waals surface area contributed by atoms with E-state index in [-0.39, 0.29) is 0 Å².